The Morgan fingerprint density at radius 1 is 0.962 bits per heavy atom. The molecular weight excluding hydrogens is 320 g/mol. The summed E-state index contributed by atoms with van der Waals surface area (Å²) in [6.07, 6.45) is 2.57. The van der Waals surface area contributed by atoms with Crippen LogP contribution in [0.4, 0.5) is 5.95 Å². The standard InChI is InChI=1S/C22H20N4/c1-15-9-11-17(12-10-15)20-13-21(26-22(25-20)23-14-24-26)19-8-4-6-16-5-2-3-7-18(16)19/h2-12,14,20-21H,13H2,1H3,(H,23,24,25)/t20-,21-/m1/s1. The minimum atomic E-state index is 0.158. The molecule has 2 heterocycles. The number of fused-ring (bicyclic) bond motifs is 2. The predicted molar refractivity (Wildman–Crippen MR) is 104 cm³/mol. The summed E-state index contributed by atoms with van der Waals surface area (Å²) in [5.41, 5.74) is 3.86. The molecule has 0 bridgehead atoms. The summed E-state index contributed by atoms with van der Waals surface area (Å²) in [5, 5.41) is 10.6. The lowest BCUT2D eigenvalue weighted by atomic mass is 9.90. The summed E-state index contributed by atoms with van der Waals surface area (Å²) in [6.45, 7) is 2.12. The zero-order valence-electron chi connectivity index (χ0n) is 14.6. The molecule has 5 rings (SSSR count). The Bertz CT molecular complexity index is 1060. The smallest absolute Gasteiger partial charge is 0.222 e. The zero-order valence-corrected chi connectivity index (χ0v) is 14.6. The van der Waals surface area contributed by atoms with Crippen molar-refractivity contribution in [1.82, 2.24) is 14.8 Å². The number of aryl methyl sites for hydroxylation is 1. The summed E-state index contributed by atoms with van der Waals surface area (Å²) < 4.78 is 2.02. The third kappa shape index (κ3) is 2.46. The van der Waals surface area contributed by atoms with Crippen molar-refractivity contribution < 1.29 is 0 Å². The number of rotatable bonds is 2. The van der Waals surface area contributed by atoms with Gasteiger partial charge < -0.3 is 5.32 Å². The predicted octanol–water partition coefficient (Wildman–Crippen LogP) is 4.89. The third-order valence-corrected chi connectivity index (χ3v) is 5.29. The van der Waals surface area contributed by atoms with E-state index in [1.165, 1.54) is 27.5 Å². The first-order valence-corrected chi connectivity index (χ1v) is 9.00. The van der Waals surface area contributed by atoms with Crippen molar-refractivity contribution >= 4 is 16.7 Å². The molecule has 0 spiro atoms. The van der Waals surface area contributed by atoms with Crippen LogP contribution in [-0.4, -0.2) is 14.8 Å². The molecule has 2 atom stereocenters. The maximum Gasteiger partial charge on any atom is 0.222 e. The number of hydrogen-bond donors (Lipinski definition) is 1. The number of aromatic nitrogens is 3. The van der Waals surface area contributed by atoms with E-state index in [1.807, 2.05) is 4.68 Å². The Morgan fingerprint density at radius 3 is 2.65 bits per heavy atom. The molecule has 0 aliphatic carbocycles. The van der Waals surface area contributed by atoms with Crippen molar-refractivity contribution in [3.05, 3.63) is 89.7 Å². The van der Waals surface area contributed by atoms with Crippen LogP contribution < -0.4 is 5.32 Å². The van der Waals surface area contributed by atoms with Gasteiger partial charge in [0.1, 0.15) is 6.33 Å². The van der Waals surface area contributed by atoms with Crippen LogP contribution >= 0.6 is 0 Å². The van der Waals surface area contributed by atoms with Gasteiger partial charge in [0.2, 0.25) is 5.95 Å². The summed E-state index contributed by atoms with van der Waals surface area (Å²) in [5.74, 6) is 0.833. The molecule has 0 fully saturated rings. The van der Waals surface area contributed by atoms with Gasteiger partial charge in [-0.25, -0.2) is 4.68 Å². The Morgan fingerprint density at radius 2 is 1.77 bits per heavy atom. The zero-order chi connectivity index (χ0) is 17.5. The van der Waals surface area contributed by atoms with Gasteiger partial charge in [-0.1, -0.05) is 72.3 Å². The highest BCUT2D eigenvalue weighted by Crippen LogP contribution is 2.39. The first kappa shape index (κ1) is 15.1. The van der Waals surface area contributed by atoms with Gasteiger partial charge in [-0.3, -0.25) is 0 Å². The molecule has 4 aromatic rings. The highest BCUT2D eigenvalue weighted by molar-refractivity contribution is 5.86. The van der Waals surface area contributed by atoms with E-state index < -0.39 is 0 Å². The van der Waals surface area contributed by atoms with E-state index in [0.29, 0.717) is 0 Å². The van der Waals surface area contributed by atoms with Gasteiger partial charge in [0.05, 0.1) is 12.1 Å². The summed E-state index contributed by atoms with van der Waals surface area (Å²) in [4.78, 5) is 4.45. The second-order valence-corrected chi connectivity index (χ2v) is 6.96. The molecule has 0 unspecified atom stereocenters. The van der Waals surface area contributed by atoms with Crippen LogP contribution in [0.15, 0.2) is 73.1 Å². The third-order valence-electron chi connectivity index (χ3n) is 5.29. The maximum absolute atomic E-state index is 4.51. The largest absolute Gasteiger partial charge is 0.348 e. The van der Waals surface area contributed by atoms with E-state index in [9.17, 15) is 0 Å². The first-order chi connectivity index (χ1) is 12.8. The summed E-state index contributed by atoms with van der Waals surface area (Å²) in [6, 6.07) is 24.2. The first-order valence-electron chi connectivity index (χ1n) is 9.00. The minimum Gasteiger partial charge on any atom is -0.348 e. The molecule has 1 N–H and O–H groups in total. The van der Waals surface area contributed by atoms with Gasteiger partial charge in [0.25, 0.3) is 0 Å². The molecule has 4 heteroatoms. The molecule has 3 aromatic carbocycles. The van der Waals surface area contributed by atoms with Gasteiger partial charge in [-0.05, 0) is 35.2 Å². The Kier molecular flexibility index (Phi) is 3.49. The van der Waals surface area contributed by atoms with Crippen molar-refractivity contribution in [2.75, 3.05) is 5.32 Å². The molecular formula is C22H20N4. The molecule has 128 valence electrons. The molecule has 0 amide bonds. The quantitative estimate of drug-likeness (QED) is 0.565. The van der Waals surface area contributed by atoms with Gasteiger partial charge in [-0.2, -0.15) is 10.1 Å². The molecule has 26 heavy (non-hydrogen) atoms. The summed E-state index contributed by atoms with van der Waals surface area (Å²) in [7, 11) is 0. The average molecular weight is 340 g/mol. The molecule has 0 saturated carbocycles. The van der Waals surface area contributed by atoms with Crippen LogP contribution in [0.25, 0.3) is 10.8 Å². The van der Waals surface area contributed by atoms with E-state index in [0.717, 1.165) is 12.4 Å². The van der Waals surface area contributed by atoms with Crippen LogP contribution in [0.1, 0.15) is 35.2 Å². The van der Waals surface area contributed by atoms with Crippen molar-refractivity contribution in [2.24, 2.45) is 0 Å². The van der Waals surface area contributed by atoms with Gasteiger partial charge in [-0.15, -0.1) is 0 Å². The van der Waals surface area contributed by atoms with Crippen LogP contribution in [-0.2, 0) is 0 Å². The number of nitrogens with zero attached hydrogens (tertiary/aromatic N) is 3. The molecule has 1 aliphatic rings. The van der Waals surface area contributed by atoms with Crippen molar-refractivity contribution in [3.63, 3.8) is 0 Å². The number of benzene rings is 3. The van der Waals surface area contributed by atoms with E-state index in [2.05, 4.69) is 89.1 Å². The number of hydrogen-bond acceptors (Lipinski definition) is 3. The van der Waals surface area contributed by atoms with E-state index >= 15 is 0 Å². The number of anilines is 1. The molecule has 4 nitrogen and oxygen atoms in total. The van der Waals surface area contributed by atoms with E-state index in [1.54, 1.807) is 6.33 Å². The second-order valence-electron chi connectivity index (χ2n) is 6.96. The average Bonchev–Trinajstić information content (AvgIpc) is 3.16. The Hall–Kier alpha value is -3.14. The van der Waals surface area contributed by atoms with Gasteiger partial charge in [0, 0.05) is 0 Å². The second kappa shape index (κ2) is 5.99. The fourth-order valence-electron chi connectivity index (χ4n) is 3.94. The fourth-order valence-corrected chi connectivity index (χ4v) is 3.94. The van der Waals surface area contributed by atoms with Crippen LogP contribution in [0.5, 0.6) is 0 Å². The highest BCUT2D eigenvalue weighted by Gasteiger charge is 2.30. The maximum atomic E-state index is 4.51. The lowest BCUT2D eigenvalue weighted by Gasteiger charge is -2.32. The Balaban J connectivity index is 1.62. The topological polar surface area (TPSA) is 42.7 Å². The van der Waals surface area contributed by atoms with Crippen LogP contribution in [0.3, 0.4) is 0 Å². The van der Waals surface area contributed by atoms with Crippen molar-refractivity contribution in [1.29, 1.82) is 0 Å². The van der Waals surface area contributed by atoms with E-state index in [-0.39, 0.29) is 12.1 Å². The SMILES string of the molecule is Cc1ccc([C@H]2C[C@H](c3cccc4ccccc34)n3ncnc3N2)cc1. The number of nitrogens with one attached hydrogen (secondary N) is 1. The normalized spacial score (nSPS) is 19.1. The van der Waals surface area contributed by atoms with Crippen LogP contribution in [0, 0.1) is 6.92 Å². The fraction of sp³-hybridized carbons (Fsp3) is 0.182. The lowest BCUT2D eigenvalue weighted by Crippen LogP contribution is -2.28. The molecule has 0 saturated heterocycles. The molecule has 1 aromatic heterocycles. The van der Waals surface area contributed by atoms with Crippen molar-refractivity contribution in [3.8, 4) is 0 Å². The Labute approximate surface area is 152 Å². The molecule has 1 aliphatic heterocycles. The minimum absolute atomic E-state index is 0.158. The summed E-state index contributed by atoms with van der Waals surface area (Å²) >= 11 is 0. The van der Waals surface area contributed by atoms with Gasteiger partial charge in [0.15, 0.2) is 0 Å². The van der Waals surface area contributed by atoms with Crippen LogP contribution in [0.2, 0.25) is 0 Å². The molecule has 0 radical (unpaired) electrons. The lowest BCUT2D eigenvalue weighted by molar-refractivity contribution is 0.433. The van der Waals surface area contributed by atoms with Crippen molar-refractivity contribution in [2.45, 2.75) is 25.4 Å². The monoisotopic (exact) mass is 340 g/mol. The van der Waals surface area contributed by atoms with E-state index in [4.69, 9.17) is 0 Å². The van der Waals surface area contributed by atoms with Gasteiger partial charge >= 0.3 is 0 Å². The highest BCUT2D eigenvalue weighted by atomic mass is 15.4.